The molecule has 2 aromatic heterocycles. The topological polar surface area (TPSA) is 59.7 Å². The second-order valence-corrected chi connectivity index (χ2v) is 6.85. The van der Waals surface area contributed by atoms with Crippen LogP contribution in [0.3, 0.4) is 0 Å². The number of halogens is 1. The quantitative estimate of drug-likeness (QED) is 0.482. The minimum absolute atomic E-state index is 0.240. The van der Waals surface area contributed by atoms with Gasteiger partial charge in [-0.2, -0.15) is 10.2 Å². The molecule has 1 aromatic carbocycles. The Morgan fingerprint density at radius 1 is 1.22 bits per heavy atom. The van der Waals surface area contributed by atoms with Crippen molar-refractivity contribution in [3.05, 3.63) is 65.5 Å². The monoisotopic (exact) mass is 386 g/mol. The van der Waals surface area contributed by atoms with Gasteiger partial charge in [-0.05, 0) is 56.2 Å². The summed E-state index contributed by atoms with van der Waals surface area (Å²) in [5.41, 5.74) is 4.00. The third kappa shape index (κ3) is 5.62. The summed E-state index contributed by atoms with van der Waals surface area (Å²) in [4.78, 5) is 0. The van der Waals surface area contributed by atoms with E-state index in [4.69, 9.17) is 12.2 Å². The van der Waals surface area contributed by atoms with E-state index in [1.54, 1.807) is 23.0 Å². The van der Waals surface area contributed by atoms with Crippen molar-refractivity contribution in [2.75, 3.05) is 11.9 Å². The molecule has 0 saturated heterocycles. The van der Waals surface area contributed by atoms with Crippen molar-refractivity contribution in [1.29, 1.82) is 0 Å². The summed E-state index contributed by atoms with van der Waals surface area (Å²) in [6, 6.07) is 8.47. The van der Waals surface area contributed by atoms with Crippen LogP contribution in [0, 0.1) is 19.7 Å². The van der Waals surface area contributed by atoms with Crippen LogP contribution in [-0.4, -0.2) is 31.2 Å². The van der Waals surface area contributed by atoms with Crippen LogP contribution in [0.4, 0.5) is 10.1 Å². The Kier molecular flexibility index (Phi) is 6.18. The number of benzene rings is 1. The highest BCUT2D eigenvalue weighted by Gasteiger charge is 2.04. The number of aromatic nitrogens is 4. The zero-order valence-electron chi connectivity index (χ0n) is 15.4. The van der Waals surface area contributed by atoms with Gasteiger partial charge in [-0.25, -0.2) is 4.39 Å². The molecule has 0 aliphatic rings. The molecule has 2 N–H and O–H groups in total. The predicted octanol–water partition coefficient (Wildman–Crippen LogP) is 3.26. The van der Waals surface area contributed by atoms with Crippen LogP contribution < -0.4 is 10.6 Å². The SMILES string of the molecule is Cc1cc(C)n(CCCNC(=S)Nc2cnn(Cc3ccc(F)cc3)c2)n1. The van der Waals surface area contributed by atoms with Crippen LogP contribution >= 0.6 is 12.2 Å². The van der Waals surface area contributed by atoms with Crippen molar-refractivity contribution in [1.82, 2.24) is 24.9 Å². The fraction of sp³-hybridized carbons (Fsp3) is 0.316. The molecule has 0 amide bonds. The first-order valence-electron chi connectivity index (χ1n) is 8.82. The second-order valence-electron chi connectivity index (χ2n) is 6.44. The molecule has 3 aromatic rings. The Morgan fingerprint density at radius 3 is 2.70 bits per heavy atom. The van der Waals surface area contributed by atoms with Crippen molar-refractivity contribution in [2.24, 2.45) is 0 Å². The summed E-state index contributed by atoms with van der Waals surface area (Å²) in [5, 5.41) is 15.6. The number of thiocarbonyl (C=S) groups is 1. The standard InChI is InChI=1S/C19H23FN6S/c1-14-10-15(2)26(24-14)9-3-8-21-19(27)23-18-11-22-25(13-18)12-16-4-6-17(20)7-5-16/h4-7,10-11,13H,3,8-9,12H2,1-2H3,(H2,21,23,27). The summed E-state index contributed by atoms with van der Waals surface area (Å²) in [6.45, 7) is 6.24. The number of nitrogens with zero attached hydrogens (tertiary/aromatic N) is 4. The third-order valence-corrected chi connectivity index (χ3v) is 4.33. The Hall–Kier alpha value is -2.74. The van der Waals surface area contributed by atoms with Crippen LogP contribution in [0.15, 0.2) is 42.7 Å². The van der Waals surface area contributed by atoms with Crippen molar-refractivity contribution in [2.45, 2.75) is 33.4 Å². The number of rotatable bonds is 7. The molecule has 27 heavy (non-hydrogen) atoms. The van der Waals surface area contributed by atoms with E-state index >= 15 is 0 Å². The normalized spacial score (nSPS) is 10.8. The smallest absolute Gasteiger partial charge is 0.170 e. The molecule has 0 fully saturated rings. The molecule has 6 nitrogen and oxygen atoms in total. The first kappa shape index (κ1) is 19.0. The predicted molar refractivity (Wildman–Crippen MR) is 108 cm³/mol. The van der Waals surface area contributed by atoms with Gasteiger partial charge in [0.1, 0.15) is 5.82 Å². The summed E-state index contributed by atoms with van der Waals surface area (Å²) < 4.78 is 16.7. The van der Waals surface area contributed by atoms with E-state index in [0.717, 1.165) is 36.5 Å². The molecule has 3 rings (SSSR count). The number of hydrogen-bond donors (Lipinski definition) is 2. The van der Waals surface area contributed by atoms with Gasteiger partial charge < -0.3 is 10.6 Å². The highest BCUT2D eigenvalue weighted by atomic mass is 32.1. The molecule has 0 radical (unpaired) electrons. The van der Waals surface area contributed by atoms with Gasteiger partial charge in [0.25, 0.3) is 0 Å². The lowest BCUT2D eigenvalue weighted by molar-refractivity contribution is 0.558. The Labute approximate surface area is 163 Å². The van der Waals surface area contributed by atoms with Gasteiger partial charge in [0.05, 0.1) is 24.1 Å². The zero-order valence-corrected chi connectivity index (χ0v) is 16.3. The summed E-state index contributed by atoms with van der Waals surface area (Å²) in [5.74, 6) is -0.240. The minimum Gasteiger partial charge on any atom is -0.362 e. The van der Waals surface area contributed by atoms with E-state index in [1.165, 1.54) is 17.8 Å². The molecule has 142 valence electrons. The highest BCUT2D eigenvalue weighted by Crippen LogP contribution is 2.09. The molecule has 8 heteroatoms. The minimum atomic E-state index is -0.240. The number of nitrogens with one attached hydrogen (secondary N) is 2. The van der Waals surface area contributed by atoms with E-state index in [1.807, 2.05) is 17.8 Å². The summed E-state index contributed by atoms with van der Waals surface area (Å²) in [7, 11) is 0. The van der Waals surface area contributed by atoms with Gasteiger partial charge in [-0.3, -0.25) is 9.36 Å². The van der Waals surface area contributed by atoms with E-state index in [0.29, 0.717) is 11.7 Å². The molecule has 0 spiro atoms. The van der Waals surface area contributed by atoms with Crippen LogP contribution in [0.2, 0.25) is 0 Å². The molecular formula is C19H23FN6S. The van der Waals surface area contributed by atoms with E-state index in [9.17, 15) is 4.39 Å². The lowest BCUT2D eigenvalue weighted by Crippen LogP contribution is -2.29. The second kappa shape index (κ2) is 8.77. The number of aryl methyl sites for hydroxylation is 3. The molecule has 0 aliphatic heterocycles. The van der Waals surface area contributed by atoms with Gasteiger partial charge in [0, 0.05) is 25.0 Å². The molecular weight excluding hydrogens is 363 g/mol. The van der Waals surface area contributed by atoms with Gasteiger partial charge in [-0.15, -0.1) is 0 Å². The fourth-order valence-corrected chi connectivity index (χ4v) is 3.02. The van der Waals surface area contributed by atoms with E-state index in [-0.39, 0.29) is 5.82 Å². The van der Waals surface area contributed by atoms with Gasteiger partial charge >= 0.3 is 0 Å². The maximum absolute atomic E-state index is 13.0. The van der Waals surface area contributed by atoms with Crippen molar-refractivity contribution >= 4 is 23.0 Å². The molecule has 0 aliphatic carbocycles. The molecule has 0 unspecified atom stereocenters. The summed E-state index contributed by atoms with van der Waals surface area (Å²) in [6.07, 6.45) is 4.51. The van der Waals surface area contributed by atoms with Gasteiger partial charge in [-0.1, -0.05) is 12.1 Å². The Bertz CT molecular complexity index is 899. The lowest BCUT2D eigenvalue weighted by Gasteiger charge is -2.09. The maximum atomic E-state index is 13.0. The molecule has 0 bridgehead atoms. The summed E-state index contributed by atoms with van der Waals surface area (Å²) >= 11 is 5.33. The molecule has 0 saturated carbocycles. The van der Waals surface area contributed by atoms with Crippen LogP contribution in [-0.2, 0) is 13.1 Å². The average molecular weight is 387 g/mol. The van der Waals surface area contributed by atoms with Crippen LogP contribution in [0.1, 0.15) is 23.4 Å². The fourth-order valence-electron chi connectivity index (χ4n) is 2.80. The largest absolute Gasteiger partial charge is 0.362 e. The average Bonchev–Trinajstić information content (AvgIpc) is 3.19. The van der Waals surface area contributed by atoms with E-state index < -0.39 is 0 Å². The molecule has 0 atom stereocenters. The first-order chi connectivity index (χ1) is 13.0. The first-order valence-corrected chi connectivity index (χ1v) is 9.23. The third-order valence-electron chi connectivity index (χ3n) is 4.08. The number of anilines is 1. The van der Waals surface area contributed by atoms with Gasteiger partial charge in [0.15, 0.2) is 5.11 Å². The van der Waals surface area contributed by atoms with Crippen molar-refractivity contribution in [3.8, 4) is 0 Å². The van der Waals surface area contributed by atoms with Gasteiger partial charge in [0.2, 0.25) is 0 Å². The van der Waals surface area contributed by atoms with Crippen molar-refractivity contribution < 1.29 is 4.39 Å². The number of hydrogen-bond acceptors (Lipinski definition) is 3. The maximum Gasteiger partial charge on any atom is 0.170 e. The lowest BCUT2D eigenvalue weighted by atomic mass is 10.2. The Balaban J connectivity index is 1.41. The van der Waals surface area contributed by atoms with E-state index in [2.05, 4.69) is 33.8 Å². The van der Waals surface area contributed by atoms with Crippen LogP contribution in [0.25, 0.3) is 0 Å². The Morgan fingerprint density at radius 2 is 2.00 bits per heavy atom. The van der Waals surface area contributed by atoms with Crippen LogP contribution in [0.5, 0.6) is 0 Å². The highest BCUT2D eigenvalue weighted by molar-refractivity contribution is 7.80. The molecule has 2 heterocycles. The van der Waals surface area contributed by atoms with Crippen molar-refractivity contribution in [3.63, 3.8) is 0 Å². The zero-order chi connectivity index (χ0) is 19.2.